The third-order valence-electron chi connectivity index (χ3n) is 2.51. The molecule has 4 nitrogen and oxygen atoms in total. The summed E-state index contributed by atoms with van der Waals surface area (Å²) in [5.74, 6) is -0.641. The van der Waals surface area contributed by atoms with Crippen LogP contribution in [0.1, 0.15) is 5.56 Å². The van der Waals surface area contributed by atoms with Gasteiger partial charge in [0.1, 0.15) is 11.6 Å². The van der Waals surface area contributed by atoms with Crippen LogP contribution in [0.15, 0.2) is 34.8 Å². The van der Waals surface area contributed by atoms with Crippen LogP contribution in [0.2, 0.25) is 5.02 Å². The Morgan fingerprint density at radius 1 is 1.30 bits per heavy atom. The zero-order chi connectivity index (χ0) is 14.9. The molecular weight excluding hydrogens is 353 g/mol. The van der Waals surface area contributed by atoms with E-state index < -0.39 is 16.4 Å². The Hall–Kier alpha value is -1.66. The number of nitro benzene ring substituents is 1. The van der Waals surface area contributed by atoms with E-state index in [0.717, 1.165) is 17.7 Å². The second-order valence-corrected chi connectivity index (χ2v) is 5.29. The third-order valence-corrected chi connectivity index (χ3v) is 3.42. The number of halogens is 3. The van der Waals surface area contributed by atoms with Gasteiger partial charge in [-0.2, -0.15) is 0 Å². The number of nitro groups is 1. The van der Waals surface area contributed by atoms with E-state index in [-0.39, 0.29) is 10.8 Å². The van der Waals surface area contributed by atoms with Crippen LogP contribution in [0.4, 0.5) is 10.1 Å². The molecule has 0 saturated carbocycles. The summed E-state index contributed by atoms with van der Waals surface area (Å²) in [7, 11) is 0. The van der Waals surface area contributed by atoms with Gasteiger partial charge in [-0.1, -0.05) is 17.7 Å². The monoisotopic (exact) mass is 359 g/mol. The fraction of sp³-hybridized carbons (Fsp3) is 0.0769. The molecule has 104 valence electrons. The first-order chi connectivity index (χ1) is 9.38. The maximum absolute atomic E-state index is 13.4. The van der Waals surface area contributed by atoms with E-state index in [1.54, 1.807) is 18.2 Å². The van der Waals surface area contributed by atoms with Gasteiger partial charge in [0, 0.05) is 12.1 Å². The summed E-state index contributed by atoms with van der Waals surface area (Å²) < 4.78 is 19.5. The van der Waals surface area contributed by atoms with E-state index >= 15 is 0 Å². The number of ether oxygens (including phenoxy) is 1. The highest BCUT2D eigenvalue weighted by Gasteiger charge is 2.20. The fourth-order valence-electron chi connectivity index (χ4n) is 1.55. The molecular formula is C13H8BrClFNO3. The smallest absolute Gasteiger partial charge is 0.313 e. The average Bonchev–Trinajstić information content (AvgIpc) is 2.36. The molecule has 7 heteroatoms. The molecule has 0 radical (unpaired) electrons. The molecule has 0 saturated heterocycles. The molecule has 2 aromatic rings. The van der Waals surface area contributed by atoms with Gasteiger partial charge >= 0.3 is 5.69 Å². The molecule has 0 atom stereocenters. The Bertz CT molecular complexity index is 694. The minimum absolute atomic E-state index is 0.207. The average molecular weight is 361 g/mol. The normalized spacial score (nSPS) is 10.4. The quantitative estimate of drug-likeness (QED) is 0.555. The molecule has 20 heavy (non-hydrogen) atoms. The van der Waals surface area contributed by atoms with Gasteiger partial charge in [-0.05, 0) is 40.5 Å². The second-order valence-electron chi connectivity index (χ2n) is 4.03. The number of hydrogen-bond acceptors (Lipinski definition) is 3. The molecule has 0 spiro atoms. The first-order valence-electron chi connectivity index (χ1n) is 5.46. The number of rotatable bonds is 3. The van der Waals surface area contributed by atoms with Crippen LogP contribution >= 0.6 is 27.5 Å². The Kier molecular flexibility index (Phi) is 4.25. The Labute approximate surface area is 127 Å². The van der Waals surface area contributed by atoms with Crippen LogP contribution < -0.4 is 4.74 Å². The van der Waals surface area contributed by atoms with Gasteiger partial charge in [0.05, 0.1) is 14.4 Å². The van der Waals surface area contributed by atoms with Gasteiger partial charge in [-0.3, -0.25) is 10.1 Å². The lowest BCUT2D eigenvalue weighted by Crippen LogP contribution is -1.95. The Morgan fingerprint density at radius 3 is 2.60 bits per heavy atom. The first kappa shape index (κ1) is 14.7. The topological polar surface area (TPSA) is 52.4 Å². The summed E-state index contributed by atoms with van der Waals surface area (Å²) in [4.78, 5) is 10.3. The number of benzene rings is 2. The van der Waals surface area contributed by atoms with Crippen LogP contribution in [0.3, 0.4) is 0 Å². The lowest BCUT2D eigenvalue weighted by molar-refractivity contribution is -0.385. The van der Waals surface area contributed by atoms with Crippen LogP contribution in [-0.2, 0) is 0 Å². The molecule has 0 fully saturated rings. The van der Waals surface area contributed by atoms with Crippen LogP contribution in [0, 0.1) is 22.9 Å². The van der Waals surface area contributed by atoms with Crippen molar-refractivity contribution in [3.8, 4) is 11.5 Å². The van der Waals surface area contributed by atoms with E-state index in [1.807, 2.05) is 6.92 Å². The molecule has 0 N–H and O–H groups in total. The number of nitrogens with zero attached hydrogens (tertiary/aromatic N) is 1. The summed E-state index contributed by atoms with van der Waals surface area (Å²) in [6.07, 6.45) is 0. The van der Waals surface area contributed by atoms with Gasteiger partial charge in [0.25, 0.3) is 0 Å². The molecule has 2 aromatic carbocycles. The molecule has 0 aliphatic carbocycles. The summed E-state index contributed by atoms with van der Waals surface area (Å²) in [5.41, 5.74) is 0.588. The lowest BCUT2D eigenvalue weighted by atomic mass is 10.2. The van der Waals surface area contributed by atoms with Crippen molar-refractivity contribution in [2.75, 3.05) is 0 Å². The standard InChI is InChI=1S/C13H8BrClFNO3/c1-7-2-3-12(8(14)4-7)20-13-6-10(16)9(15)5-11(13)17(18)19/h2-6H,1H3. The maximum atomic E-state index is 13.4. The van der Waals surface area contributed by atoms with Gasteiger partial charge in [-0.15, -0.1) is 0 Å². The SMILES string of the molecule is Cc1ccc(Oc2cc(F)c(Cl)cc2[N+](=O)[O-])c(Br)c1. The van der Waals surface area contributed by atoms with E-state index in [4.69, 9.17) is 16.3 Å². The van der Waals surface area contributed by atoms with Gasteiger partial charge in [0.15, 0.2) is 0 Å². The van der Waals surface area contributed by atoms with Crippen LogP contribution in [0.5, 0.6) is 11.5 Å². The number of aryl methyl sites for hydroxylation is 1. The minimum Gasteiger partial charge on any atom is -0.449 e. The second kappa shape index (κ2) is 5.76. The van der Waals surface area contributed by atoms with Crippen LogP contribution in [-0.4, -0.2) is 4.92 Å². The molecule has 2 rings (SSSR count). The van der Waals surface area contributed by atoms with Crippen molar-refractivity contribution >= 4 is 33.2 Å². The molecule has 0 aliphatic rings. The summed E-state index contributed by atoms with van der Waals surface area (Å²) >= 11 is 8.83. The number of hydrogen-bond donors (Lipinski definition) is 0. The third kappa shape index (κ3) is 3.08. The molecule has 0 heterocycles. The fourth-order valence-corrected chi connectivity index (χ4v) is 2.28. The molecule has 0 aromatic heterocycles. The van der Waals surface area contributed by atoms with Gasteiger partial charge in [0.2, 0.25) is 5.75 Å². The van der Waals surface area contributed by atoms with Crippen molar-refractivity contribution in [3.05, 3.63) is 61.3 Å². The van der Waals surface area contributed by atoms with Crippen molar-refractivity contribution in [3.63, 3.8) is 0 Å². The molecule has 0 unspecified atom stereocenters. The van der Waals surface area contributed by atoms with E-state index in [2.05, 4.69) is 15.9 Å². The van der Waals surface area contributed by atoms with Gasteiger partial charge < -0.3 is 4.74 Å². The van der Waals surface area contributed by atoms with E-state index in [0.29, 0.717) is 10.2 Å². The molecule has 0 amide bonds. The van der Waals surface area contributed by atoms with Crippen molar-refractivity contribution in [1.82, 2.24) is 0 Å². The van der Waals surface area contributed by atoms with E-state index in [1.165, 1.54) is 0 Å². The largest absolute Gasteiger partial charge is 0.449 e. The van der Waals surface area contributed by atoms with E-state index in [9.17, 15) is 14.5 Å². The zero-order valence-electron chi connectivity index (χ0n) is 10.2. The van der Waals surface area contributed by atoms with Crippen molar-refractivity contribution in [2.45, 2.75) is 6.92 Å². The predicted octanol–water partition coefficient (Wildman–Crippen LogP) is 5.25. The van der Waals surface area contributed by atoms with Crippen molar-refractivity contribution in [2.24, 2.45) is 0 Å². The predicted molar refractivity (Wildman–Crippen MR) is 77.0 cm³/mol. The molecule has 0 aliphatic heterocycles. The Morgan fingerprint density at radius 2 is 2.00 bits per heavy atom. The van der Waals surface area contributed by atoms with Gasteiger partial charge in [-0.25, -0.2) is 4.39 Å². The van der Waals surface area contributed by atoms with Crippen molar-refractivity contribution < 1.29 is 14.1 Å². The van der Waals surface area contributed by atoms with Crippen LogP contribution in [0.25, 0.3) is 0 Å². The lowest BCUT2D eigenvalue weighted by Gasteiger charge is -2.09. The maximum Gasteiger partial charge on any atom is 0.313 e. The summed E-state index contributed by atoms with van der Waals surface area (Å²) in [5, 5.41) is 10.6. The highest BCUT2D eigenvalue weighted by molar-refractivity contribution is 9.10. The summed E-state index contributed by atoms with van der Waals surface area (Å²) in [6.45, 7) is 1.89. The minimum atomic E-state index is -0.782. The molecule has 0 bridgehead atoms. The summed E-state index contributed by atoms with van der Waals surface area (Å²) in [6, 6.07) is 7.02. The van der Waals surface area contributed by atoms with Crippen molar-refractivity contribution in [1.29, 1.82) is 0 Å². The highest BCUT2D eigenvalue weighted by Crippen LogP contribution is 2.37. The Balaban J connectivity index is 2.47. The highest BCUT2D eigenvalue weighted by atomic mass is 79.9. The zero-order valence-corrected chi connectivity index (χ0v) is 12.5. The first-order valence-corrected chi connectivity index (χ1v) is 6.63.